The van der Waals surface area contributed by atoms with E-state index in [0.29, 0.717) is 17.7 Å². The number of rotatable bonds is 3. The summed E-state index contributed by atoms with van der Waals surface area (Å²) in [5.41, 5.74) is 1.75. The quantitative estimate of drug-likeness (QED) is 0.675. The van der Waals surface area contributed by atoms with Crippen molar-refractivity contribution in [3.05, 3.63) is 65.2 Å². The molecular formula is C20H20O3. The number of allylic oxidation sites excluding steroid dienone is 1. The minimum Gasteiger partial charge on any atom is -0.507 e. The van der Waals surface area contributed by atoms with Crippen LogP contribution >= 0.6 is 0 Å². The summed E-state index contributed by atoms with van der Waals surface area (Å²) in [6.07, 6.45) is 4.76. The highest BCUT2D eigenvalue weighted by molar-refractivity contribution is 6.09. The summed E-state index contributed by atoms with van der Waals surface area (Å²) in [7, 11) is 0. The Morgan fingerprint density at radius 2 is 1.91 bits per heavy atom. The lowest BCUT2D eigenvalue weighted by molar-refractivity contribution is 0.0836. The second-order valence-electron chi connectivity index (χ2n) is 6.41. The molecular weight excluding hydrogens is 288 g/mol. The van der Waals surface area contributed by atoms with Gasteiger partial charge in [-0.05, 0) is 50.5 Å². The molecule has 3 rings (SSSR count). The van der Waals surface area contributed by atoms with E-state index in [1.54, 1.807) is 18.2 Å². The van der Waals surface area contributed by atoms with Crippen LogP contribution in [0.3, 0.4) is 0 Å². The Hall–Kier alpha value is -2.55. The van der Waals surface area contributed by atoms with E-state index in [-0.39, 0.29) is 17.1 Å². The molecule has 118 valence electrons. The van der Waals surface area contributed by atoms with Gasteiger partial charge in [0.1, 0.15) is 17.1 Å². The Morgan fingerprint density at radius 3 is 2.65 bits per heavy atom. The molecule has 23 heavy (non-hydrogen) atoms. The summed E-state index contributed by atoms with van der Waals surface area (Å²) in [5, 5.41) is 10.4. The van der Waals surface area contributed by atoms with Gasteiger partial charge in [-0.2, -0.15) is 0 Å². The van der Waals surface area contributed by atoms with E-state index < -0.39 is 0 Å². The van der Waals surface area contributed by atoms with Crippen molar-refractivity contribution in [1.82, 2.24) is 0 Å². The van der Waals surface area contributed by atoms with E-state index >= 15 is 0 Å². The van der Waals surface area contributed by atoms with Crippen LogP contribution in [0.25, 0.3) is 6.08 Å². The largest absolute Gasteiger partial charge is 0.507 e. The first-order chi connectivity index (χ1) is 11.0. The van der Waals surface area contributed by atoms with E-state index in [1.807, 2.05) is 44.2 Å². The monoisotopic (exact) mass is 308 g/mol. The molecule has 0 fully saturated rings. The number of ether oxygens (including phenoxy) is 1. The third-order valence-electron chi connectivity index (χ3n) is 4.10. The van der Waals surface area contributed by atoms with E-state index in [1.165, 1.54) is 6.08 Å². The van der Waals surface area contributed by atoms with Crippen LogP contribution < -0.4 is 4.74 Å². The summed E-state index contributed by atoms with van der Waals surface area (Å²) in [6, 6.07) is 13.0. The number of phenols is 1. The van der Waals surface area contributed by atoms with Crippen molar-refractivity contribution in [2.45, 2.75) is 32.3 Å². The fourth-order valence-corrected chi connectivity index (χ4v) is 2.75. The molecule has 0 bridgehead atoms. The maximum absolute atomic E-state index is 12.4. The predicted octanol–water partition coefficient (Wildman–Crippen LogP) is 4.39. The molecule has 1 heterocycles. The maximum atomic E-state index is 12.4. The molecule has 3 nitrogen and oxygen atoms in total. The standard InChI is InChI=1S/C20H20O3/c1-20(2)13-12-16-18(23-20)11-9-15(19(16)22)17(21)10-8-14-6-4-3-5-7-14/h3-11,22H,12-13H2,1-2H3/b10-8+. The first kappa shape index (κ1) is 15.3. The normalized spacial score (nSPS) is 15.9. The molecule has 0 aromatic heterocycles. The van der Waals surface area contributed by atoms with Crippen molar-refractivity contribution in [2.24, 2.45) is 0 Å². The van der Waals surface area contributed by atoms with Crippen molar-refractivity contribution in [3.8, 4) is 11.5 Å². The molecule has 0 amide bonds. The molecule has 0 spiro atoms. The Labute approximate surface area is 136 Å². The van der Waals surface area contributed by atoms with Crippen LogP contribution in [0.2, 0.25) is 0 Å². The zero-order valence-electron chi connectivity index (χ0n) is 13.4. The number of carbonyl (C=O) groups excluding carboxylic acids is 1. The highest BCUT2D eigenvalue weighted by atomic mass is 16.5. The first-order valence-electron chi connectivity index (χ1n) is 7.78. The van der Waals surface area contributed by atoms with Gasteiger partial charge >= 0.3 is 0 Å². The molecule has 0 aliphatic carbocycles. The molecule has 0 saturated carbocycles. The summed E-state index contributed by atoms with van der Waals surface area (Å²) < 4.78 is 5.87. The lowest BCUT2D eigenvalue weighted by Gasteiger charge is -2.33. The number of ketones is 1. The minimum atomic E-state index is -0.238. The molecule has 2 aromatic carbocycles. The summed E-state index contributed by atoms with van der Waals surface area (Å²) >= 11 is 0. The van der Waals surface area contributed by atoms with Crippen LogP contribution in [0.5, 0.6) is 11.5 Å². The highest BCUT2D eigenvalue weighted by Gasteiger charge is 2.29. The number of carbonyl (C=O) groups is 1. The van der Waals surface area contributed by atoms with Gasteiger partial charge in [-0.1, -0.05) is 36.4 Å². The van der Waals surface area contributed by atoms with Gasteiger partial charge in [0.25, 0.3) is 0 Å². The number of hydrogen-bond acceptors (Lipinski definition) is 3. The lowest BCUT2D eigenvalue weighted by Crippen LogP contribution is -2.32. The SMILES string of the molecule is CC1(C)CCc2c(ccc(C(=O)/C=C/c3ccccc3)c2O)O1. The Morgan fingerprint density at radius 1 is 1.17 bits per heavy atom. The number of benzene rings is 2. The third-order valence-corrected chi connectivity index (χ3v) is 4.10. The van der Waals surface area contributed by atoms with Gasteiger partial charge in [-0.25, -0.2) is 0 Å². The van der Waals surface area contributed by atoms with Crippen LogP contribution in [-0.4, -0.2) is 16.5 Å². The average Bonchev–Trinajstić information content (AvgIpc) is 2.53. The maximum Gasteiger partial charge on any atom is 0.189 e. The molecule has 1 aliphatic heterocycles. The number of aromatic hydroxyl groups is 1. The topological polar surface area (TPSA) is 46.5 Å². The van der Waals surface area contributed by atoms with Crippen LogP contribution in [0, 0.1) is 0 Å². The van der Waals surface area contributed by atoms with E-state index in [2.05, 4.69) is 0 Å². The van der Waals surface area contributed by atoms with Gasteiger partial charge in [0.05, 0.1) is 5.56 Å². The van der Waals surface area contributed by atoms with Crippen LogP contribution in [0.4, 0.5) is 0 Å². The van der Waals surface area contributed by atoms with Crippen LogP contribution in [0.15, 0.2) is 48.5 Å². The predicted molar refractivity (Wildman–Crippen MR) is 90.9 cm³/mol. The Kier molecular flexibility index (Phi) is 3.95. The van der Waals surface area contributed by atoms with Crippen LogP contribution in [-0.2, 0) is 6.42 Å². The van der Waals surface area contributed by atoms with Crippen molar-refractivity contribution in [2.75, 3.05) is 0 Å². The zero-order valence-corrected chi connectivity index (χ0v) is 13.4. The first-order valence-corrected chi connectivity index (χ1v) is 7.78. The number of fused-ring (bicyclic) bond motifs is 1. The van der Waals surface area contributed by atoms with Crippen LogP contribution in [0.1, 0.15) is 41.8 Å². The molecule has 0 unspecified atom stereocenters. The van der Waals surface area contributed by atoms with E-state index in [0.717, 1.165) is 17.5 Å². The van der Waals surface area contributed by atoms with Gasteiger partial charge in [0.15, 0.2) is 5.78 Å². The second kappa shape index (κ2) is 5.92. The van der Waals surface area contributed by atoms with Gasteiger partial charge in [-0.3, -0.25) is 4.79 Å². The molecule has 1 N–H and O–H groups in total. The van der Waals surface area contributed by atoms with Crippen molar-refractivity contribution < 1.29 is 14.6 Å². The average molecular weight is 308 g/mol. The molecule has 0 radical (unpaired) electrons. The number of hydrogen-bond donors (Lipinski definition) is 1. The molecule has 1 aliphatic rings. The fourth-order valence-electron chi connectivity index (χ4n) is 2.75. The zero-order chi connectivity index (χ0) is 16.4. The summed E-state index contributed by atoms with van der Waals surface area (Å²) in [4.78, 5) is 12.4. The number of phenolic OH excluding ortho intramolecular Hbond substituents is 1. The second-order valence-corrected chi connectivity index (χ2v) is 6.41. The van der Waals surface area contributed by atoms with Gasteiger partial charge in [0, 0.05) is 5.56 Å². The van der Waals surface area contributed by atoms with E-state index in [4.69, 9.17) is 4.74 Å². The van der Waals surface area contributed by atoms with Crippen molar-refractivity contribution in [3.63, 3.8) is 0 Å². The third kappa shape index (κ3) is 3.29. The van der Waals surface area contributed by atoms with E-state index in [9.17, 15) is 9.90 Å². The smallest absolute Gasteiger partial charge is 0.189 e. The minimum absolute atomic E-state index is 0.0423. The Bertz CT molecular complexity index is 758. The molecule has 0 saturated heterocycles. The van der Waals surface area contributed by atoms with Gasteiger partial charge < -0.3 is 9.84 Å². The van der Waals surface area contributed by atoms with Crippen molar-refractivity contribution in [1.29, 1.82) is 0 Å². The summed E-state index contributed by atoms with van der Waals surface area (Å²) in [5.74, 6) is 0.502. The van der Waals surface area contributed by atoms with Gasteiger partial charge in [-0.15, -0.1) is 0 Å². The Balaban J connectivity index is 1.87. The molecule has 3 heteroatoms. The summed E-state index contributed by atoms with van der Waals surface area (Å²) in [6.45, 7) is 4.04. The molecule has 0 atom stereocenters. The van der Waals surface area contributed by atoms with Gasteiger partial charge in [0.2, 0.25) is 0 Å². The fraction of sp³-hybridized carbons (Fsp3) is 0.250. The highest BCUT2D eigenvalue weighted by Crippen LogP contribution is 2.39. The van der Waals surface area contributed by atoms with Crippen molar-refractivity contribution >= 4 is 11.9 Å². The lowest BCUT2D eigenvalue weighted by atomic mass is 9.91. The molecule has 2 aromatic rings.